The van der Waals surface area contributed by atoms with Crippen molar-refractivity contribution in [1.29, 1.82) is 5.26 Å². The number of thiophene rings is 1. The highest BCUT2D eigenvalue weighted by atomic mass is 32.2. The number of carbonyl (C=O) groups is 2. The van der Waals surface area contributed by atoms with Gasteiger partial charge in [-0.2, -0.15) is 5.26 Å². The van der Waals surface area contributed by atoms with Gasteiger partial charge in [-0.15, -0.1) is 23.1 Å². The summed E-state index contributed by atoms with van der Waals surface area (Å²) in [6.45, 7) is 4.36. The number of nitro benzene ring substituents is 1. The minimum absolute atomic E-state index is 0.0894. The molecular formula is C32H29N5O4S2. The Morgan fingerprint density at radius 3 is 2.56 bits per heavy atom. The lowest BCUT2D eigenvalue weighted by molar-refractivity contribution is -0.384. The summed E-state index contributed by atoms with van der Waals surface area (Å²) < 4.78 is 0. The molecule has 1 aliphatic rings. The number of nitro groups is 1. The van der Waals surface area contributed by atoms with Crippen LogP contribution >= 0.6 is 23.1 Å². The minimum Gasteiger partial charge on any atom is -0.322 e. The number of amides is 2. The SMILES string of the molecule is CCC(Sc1cccc(NC(=O)c2ccc([N+](=O)[O-])cc2)c1)C(=O)Nc1sc2c(c1C#N)CCN(Cc1ccccc1)C2. The van der Waals surface area contributed by atoms with Gasteiger partial charge in [0, 0.05) is 52.8 Å². The molecule has 0 bridgehead atoms. The molecule has 2 heterocycles. The number of carbonyl (C=O) groups excluding carboxylic acids is 2. The van der Waals surface area contributed by atoms with Gasteiger partial charge >= 0.3 is 0 Å². The molecule has 5 rings (SSSR count). The monoisotopic (exact) mass is 611 g/mol. The Morgan fingerprint density at radius 2 is 1.86 bits per heavy atom. The molecule has 1 aromatic heterocycles. The Balaban J connectivity index is 1.23. The largest absolute Gasteiger partial charge is 0.322 e. The van der Waals surface area contributed by atoms with Crippen LogP contribution in [-0.2, 0) is 24.3 Å². The number of thioether (sulfide) groups is 1. The number of non-ortho nitro benzene ring substituents is 1. The number of hydrogen-bond acceptors (Lipinski definition) is 8. The number of nitriles is 1. The predicted molar refractivity (Wildman–Crippen MR) is 169 cm³/mol. The number of fused-ring (bicyclic) bond motifs is 1. The molecule has 4 aromatic rings. The van der Waals surface area contributed by atoms with E-state index in [1.165, 1.54) is 52.9 Å². The maximum Gasteiger partial charge on any atom is 0.269 e. The molecule has 11 heteroatoms. The Hall–Kier alpha value is -4.50. The first-order chi connectivity index (χ1) is 20.8. The molecule has 0 saturated carbocycles. The zero-order chi connectivity index (χ0) is 30.3. The second-order valence-electron chi connectivity index (χ2n) is 10.1. The van der Waals surface area contributed by atoms with E-state index in [1.54, 1.807) is 18.2 Å². The summed E-state index contributed by atoms with van der Waals surface area (Å²) in [4.78, 5) is 40.7. The molecule has 0 saturated heterocycles. The molecule has 43 heavy (non-hydrogen) atoms. The van der Waals surface area contributed by atoms with Gasteiger partial charge in [-0.25, -0.2) is 0 Å². The van der Waals surface area contributed by atoms with Crippen LogP contribution in [0.4, 0.5) is 16.4 Å². The number of nitrogens with one attached hydrogen (secondary N) is 2. The van der Waals surface area contributed by atoms with Gasteiger partial charge in [0.05, 0.1) is 15.7 Å². The highest BCUT2D eigenvalue weighted by molar-refractivity contribution is 8.00. The first-order valence-electron chi connectivity index (χ1n) is 13.8. The van der Waals surface area contributed by atoms with Crippen LogP contribution in [-0.4, -0.2) is 33.4 Å². The number of rotatable bonds is 10. The molecule has 0 aliphatic carbocycles. The van der Waals surface area contributed by atoms with E-state index >= 15 is 0 Å². The molecule has 2 N–H and O–H groups in total. The molecule has 3 aromatic carbocycles. The van der Waals surface area contributed by atoms with E-state index in [1.807, 2.05) is 31.2 Å². The topological polar surface area (TPSA) is 128 Å². The van der Waals surface area contributed by atoms with Crippen LogP contribution in [0.1, 0.15) is 45.3 Å². The number of nitrogens with zero attached hydrogens (tertiary/aromatic N) is 3. The third-order valence-corrected chi connectivity index (χ3v) is 9.60. The highest BCUT2D eigenvalue weighted by Crippen LogP contribution is 2.38. The average molecular weight is 612 g/mol. The molecule has 0 radical (unpaired) electrons. The molecule has 0 fully saturated rings. The summed E-state index contributed by atoms with van der Waals surface area (Å²) in [6.07, 6.45) is 1.33. The number of anilines is 2. The van der Waals surface area contributed by atoms with E-state index in [0.717, 1.165) is 41.4 Å². The molecule has 1 atom stereocenters. The molecule has 1 aliphatic heterocycles. The van der Waals surface area contributed by atoms with Gasteiger partial charge in [0.25, 0.3) is 11.6 Å². The van der Waals surface area contributed by atoms with Crippen molar-refractivity contribution in [2.24, 2.45) is 0 Å². The fourth-order valence-electron chi connectivity index (χ4n) is 4.90. The van der Waals surface area contributed by atoms with Crippen molar-refractivity contribution in [2.45, 2.75) is 43.0 Å². The fraction of sp³-hybridized carbons (Fsp3) is 0.219. The van der Waals surface area contributed by atoms with Gasteiger partial charge in [-0.3, -0.25) is 24.6 Å². The van der Waals surface area contributed by atoms with Crippen molar-refractivity contribution in [3.05, 3.63) is 116 Å². The minimum atomic E-state index is -0.517. The van der Waals surface area contributed by atoms with E-state index in [0.29, 0.717) is 28.2 Å². The zero-order valence-corrected chi connectivity index (χ0v) is 25.0. The summed E-state index contributed by atoms with van der Waals surface area (Å²) in [5.74, 6) is -0.570. The lowest BCUT2D eigenvalue weighted by atomic mass is 10.0. The molecule has 0 spiro atoms. The van der Waals surface area contributed by atoms with Crippen LogP contribution in [0.2, 0.25) is 0 Å². The quantitative estimate of drug-likeness (QED) is 0.114. The number of benzene rings is 3. The summed E-state index contributed by atoms with van der Waals surface area (Å²) in [5, 5.41) is 26.9. The normalized spacial score (nSPS) is 13.4. The first-order valence-corrected chi connectivity index (χ1v) is 15.5. The van der Waals surface area contributed by atoms with Gasteiger partial charge in [0.15, 0.2) is 0 Å². The van der Waals surface area contributed by atoms with Gasteiger partial charge in [-0.05, 0) is 54.3 Å². The van der Waals surface area contributed by atoms with Gasteiger partial charge in [0.1, 0.15) is 11.1 Å². The predicted octanol–water partition coefficient (Wildman–Crippen LogP) is 6.85. The molecule has 9 nitrogen and oxygen atoms in total. The third-order valence-electron chi connectivity index (χ3n) is 7.11. The first kappa shape index (κ1) is 30.0. The molecule has 218 valence electrons. The summed E-state index contributed by atoms with van der Waals surface area (Å²) in [6, 6.07) is 25.2. The maximum absolute atomic E-state index is 13.4. The van der Waals surface area contributed by atoms with Gasteiger partial charge in [-0.1, -0.05) is 43.3 Å². The Bertz CT molecular complexity index is 1680. The highest BCUT2D eigenvalue weighted by Gasteiger charge is 2.27. The van der Waals surface area contributed by atoms with Crippen molar-refractivity contribution in [3.8, 4) is 6.07 Å². The standard InChI is InChI=1S/C32H29N5O4S2/c1-2-28(42-25-10-6-9-23(17-25)34-30(38)22-11-13-24(14-12-22)37(40)41)31(39)35-32-27(18-33)26-15-16-36(20-29(26)43-32)19-21-7-4-3-5-8-21/h3-14,17,28H,2,15-16,19-20H2,1H3,(H,34,38)(H,35,39). The second-order valence-corrected chi connectivity index (χ2v) is 12.4. The Morgan fingerprint density at radius 1 is 1.09 bits per heavy atom. The van der Waals surface area contributed by atoms with E-state index < -0.39 is 16.1 Å². The van der Waals surface area contributed by atoms with Gasteiger partial charge < -0.3 is 10.6 Å². The van der Waals surface area contributed by atoms with Crippen LogP contribution < -0.4 is 10.6 Å². The van der Waals surface area contributed by atoms with Crippen molar-refractivity contribution in [1.82, 2.24) is 4.90 Å². The van der Waals surface area contributed by atoms with Crippen LogP contribution in [0.5, 0.6) is 0 Å². The lowest BCUT2D eigenvalue weighted by Crippen LogP contribution is -2.29. The van der Waals surface area contributed by atoms with E-state index in [4.69, 9.17) is 0 Å². The third kappa shape index (κ3) is 7.29. The smallest absolute Gasteiger partial charge is 0.269 e. The van der Waals surface area contributed by atoms with Gasteiger partial charge in [0.2, 0.25) is 5.91 Å². The van der Waals surface area contributed by atoms with Crippen LogP contribution in [0.3, 0.4) is 0 Å². The van der Waals surface area contributed by atoms with Crippen molar-refractivity contribution >= 4 is 51.3 Å². The van der Waals surface area contributed by atoms with Crippen molar-refractivity contribution in [2.75, 3.05) is 17.2 Å². The van der Waals surface area contributed by atoms with Crippen molar-refractivity contribution < 1.29 is 14.5 Å². The van der Waals surface area contributed by atoms with E-state index in [2.05, 4.69) is 33.7 Å². The molecule has 2 amide bonds. The zero-order valence-electron chi connectivity index (χ0n) is 23.4. The van der Waals surface area contributed by atoms with E-state index in [9.17, 15) is 25.0 Å². The average Bonchev–Trinajstić information content (AvgIpc) is 3.36. The fourth-order valence-corrected chi connectivity index (χ4v) is 7.16. The van der Waals surface area contributed by atoms with Crippen LogP contribution in [0.25, 0.3) is 0 Å². The van der Waals surface area contributed by atoms with E-state index in [-0.39, 0.29) is 11.6 Å². The van der Waals surface area contributed by atoms with Crippen molar-refractivity contribution in [3.63, 3.8) is 0 Å². The second kappa shape index (κ2) is 13.6. The Kier molecular flexibility index (Phi) is 9.51. The summed E-state index contributed by atoms with van der Waals surface area (Å²) >= 11 is 2.87. The van der Waals surface area contributed by atoms with Crippen LogP contribution in [0, 0.1) is 21.4 Å². The molecular weight excluding hydrogens is 583 g/mol. The number of hydrogen-bond donors (Lipinski definition) is 2. The van der Waals surface area contributed by atoms with Crippen LogP contribution in [0.15, 0.2) is 83.8 Å². The molecule has 1 unspecified atom stereocenters. The maximum atomic E-state index is 13.4. The summed E-state index contributed by atoms with van der Waals surface area (Å²) in [5.41, 5.74) is 3.58. The summed E-state index contributed by atoms with van der Waals surface area (Å²) in [7, 11) is 0. The Labute approximate surface area is 257 Å². The lowest BCUT2D eigenvalue weighted by Gasteiger charge is -2.26.